The Bertz CT molecular complexity index is 816. The highest BCUT2D eigenvalue weighted by molar-refractivity contribution is 7.90. The van der Waals surface area contributed by atoms with E-state index < -0.39 is 20.0 Å². The van der Waals surface area contributed by atoms with Crippen molar-refractivity contribution < 1.29 is 16.8 Å². The van der Waals surface area contributed by atoms with Crippen LogP contribution in [0.1, 0.15) is 25.7 Å². The molecule has 148 valence electrons. The van der Waals surface area contributed by atoms with Crippen molar-refractivity contribution in [3.05, 3.63) is 24.3 Å². The first-order valence-electron chi connectivity index (χ1n) is 8.63. The number of benzene rings is 1. The Labute approximate surface area is 162 Å². The van der Waals surface area contributed by atoms with Gasteiger partial charge in [-0.2, -0.15) is 8.61 Å². The lowest BCUT2D eigenvalue weighted by atomic mass is 10.1. The minimum Gasteiger partial charge on any atom is -0.317 e. The molecule has 7 nitrogen and oxygen atoms in total. The molecule has 0 saturated carbocycles. The number of piperidine rings is 1. The lowest BCUT2D eigenvalue weighted by Crippen LogP contribution is -2.43. The van der Waals surface area contributed by atoms with Gasteiger partial charge in [-0.1, -0.05) is 6.07 Å². The normalized spacial score (nSPS) is 20.8. The SMILES string of the molecule is CNC1CCN(S(=O)(=O)c2cccc(S(=O)(=O)N3CCCC3)c2)CC1.Cl. The zero-order chi connectivity index (χ0) is 18.1. The maximum absolute atomic E-state index is 12.9. The van der Waals surface area contributed by atoms with Gasteiger partial charge in [0.05, 0.1) is 9.79 Å². The third-order valence-corrected chi connectivity index (χ3v) is 8.80. The molecule has 0 bridgehead atoms. The van der Waals surface area contributed by atoms with Crippen LogP contribution in [0.15, 0.2) is 34.1 Å². The molecular weight excluding hydrogens is 398 g/mol. The smallest absolute Gasteiger partial charge is 0.243 e. The highest BCUT2D eigenvalue weighted by atomic mass is 35.5. The Balaban J connectivity index is 0.00000243. The number of hydrogen-bond donors (Lipinski definition) is 1. The van der Waals surface area contributed by atoms with Gasteiger partial charge in [0.2, 0.25) is 20.0 Å². The fourth-order valence-electron chi connectivity index (χ4n) is 3.41. The summed E-state index contributed by atoms with van der Waals surface area (Å²) in [4.78, 5) is 0.108. The van der Waals surface area contributed by atoms with E-state index in [2.05, 4.69) is 5.32 Å². The van der Waals surface area contributed by atoms with Crippen molar-refractivity contribution in [1.29, 1.82) is 0 Å². The quantitative estimate of drug-likeness (QED) is 0.770. The minimum absolute atomic E-state index is 0. The van der Waals surface area contributed by atoms with Crippen molar-refractivity contribution in [2.45, 2.75) is 41.5 Å². The minimum atomic E-state index is -3.68. The van der Waals surface area contributed by atoms with E-state index in [0.29, 0.717) is 32.2 Å². The first-order valence-corrected chi connectivity index (χ1v) is 11.5. The number of halogens is 1. The number of hydrogen-bond acceptors (Lipinski definition) is 5. The molecule has 2 saturated heterocycles. The van der Waals surface area contributed by atoms with Crippen molar-refractivity contribution in [3.63, 3.8) is 0 Å². The van der Waals surface area contributed by atoms with E-state index in [1.807, 2.05) is 7.05 Å². The maximum Gasteiger partial charge on any atom is 0.243 e. The molecular formula is C16H26ClN3O4S2. The van der Waals surface area contributed by atoms with Crippen LogP contribution in [-0.2, 0) is 20.0 Å². The number of sulfonamides is 2. The number of nitrogens with zero attached hydrogens (tertiary/aromatic N) is 2. The summed E-state index contributed by atoms with van der Waals surface area (Å²) in [5.74, 6) is 0. The predicted octanol–water partition coefficient (Wildman–Crippen LogP) is 1.27. The summed E-state index contributed by atoms with van der Waals surface area (Å²) in [6.07, 6.45) is 3.19. The second-order valence-electron chi connectivity index (χ2n) is 6.55. The van der Waals surface area contributed by atoms with E-state index in [1.54, 1.807) is 0 Å². The van der Waals surface area contributed by atoms with Gasteiger partial charge < -0.3 is 5.32 Å². The summed E-state index contributed by atoms with van der Waals surface area (Å²) in [5, 5.41) is 3.17. The predicted molar refractivity (Wildman–Crippen MR) is 103 cm³/mol. The van der Waals surface area contributed by atoms with E-state index in [-0.39, 0.29) is 22.2 Å². The third kappa shape index (κ3) is 4.23. The van der Waals surface area contributed by atoms with Crippen molar-refractivity contribution in [3.8, 4) is 0 Å². The third-order valence-electron chi connectivity index (χ3n) is 5.01. The second-order valence-corrected chi connectivity index (χ2v) is 10.4. The average molecular weight is 424 g/mol. The highest BCUT2D eigenvalue weighted by Crippen LogP contribution is 2.26. The van der Waals surface area contributed by atoms with E-state index in [4.69, 9.17) is 0 Å². The van der Waals surface area contributed by atoms with Crippen molar-refractivity contribution in [2.75, 3.05) is 33.2 Å². The van der Waals surface area contributed by atoms with Crippen LogP contribution in [0.25, 0.3) is 0 Å². The van der Waals surface area contributed by atoms with Crippen LogP contribution in [0.4, 0.5) is 0 Å². The van der Waals surface area contributed by atoms with Gasteiger partial charge in [0.1, 0.15) is 0 Å². The topological polar surface area (TPSA) is 86.8 Å². The standard InChI is InChI=1S/C16H25N3O4S2.ClH/c1-17-14-7-11-19(12-8-14)25(22,23)16-6-4-5-15(13-16)24(20,21)18-9-2-3-10-18;/h4-6,13-14,17H,2-3,7-12H2,1H3;1H. The van der Waals surface area contributed by atoms with Crippen LogP contribution in [0, 0.1) is 0 Å². The molecule has 0 aromatic heterocycles. The molecule has 0 aliphatic carbocycles. The Morgan fingerprint density at radius 3 is 1.81 bits per heavy atom. The largest absolute Gasteiger partial charge is 0.317 e. The van der Waals surface area contributed by atoms with Crippen LogP contribution in [-0.4, -0.2) is 64.7 Å². The summed E-state index contributed by atoms with van der Waals surface area (Å²) in [5.41, 5.74) is 0. The van der Waals surface area contributed by atoms with E-state index in [1.165, 1.54) is 32.9 Å². The summed E-state index contributed by atoms with van der Waals surface area (Å²) >= 11 is 0. The molecule has 1 N–H and O–H groups in total. The van der Waals surface area contributed by atoms with Gasteiger partial charge in [0.25, 0.3) is 0 Å². The average Bonchev–Trinajstić information content (AvgIpc) is 3.17. The number of nitrogens with one attached hydrogen (secondary N) is 1. The van der Waals surface area contributed by atoms with Crippen molar-refractivity contribution in [1.82, 2.24) is 13.9 Å². The number of rotatable bonds is 5. The molecule has 1 aromatic rings. The molecule has 2 aliphatic heterocycles. The highest BCUT2D eigenvalue weighted by Gasteiger charge is 2.31. The molecule has 26 heavy (non-hydrogen) atoms. The van der Waals surface area contributed by atoms with E-state index in [0.717, 1.165) is 25.7 Å². The van der Waals surface area contributed by atoms with Crippen molar-refractivity contribution >= 4 is 32.5 Å². The first kappa shape index (κ1) is 21.6. The molecule has 3 rings (SSSR count). The first-order chi connectivity index (χ1) is 11.9. The summed E-state index contributed by atoms with van der Waals surface area (Å²) in [7, 11) is -5.43. The van der Waals surface area contributed by atoms with E-state index in [9.17, 15) is 16.8 Å². The van der Waals surface area contributed by atoms with Crippen molar-refractivity contribution in [2.24, 2.45) is 0 Å². The van der Waals surface area contributed by atoms with Gasteiger partial charge in [-0.25, -0.2) is 16.8 Å². The lowest BCUT2D eigenvalue weighted by Gasteiger charge is -2.31. The zero-order valence-electron chi connectivity index (χ0n) is 14.8. The molecule has 2 heterocycles. The monoisotopic (exact) mass is 423 g/mol. The molecule has 2 aliphatic rings. The molecule has 0 amide bonds. The Morgan fingerprint density at radius 2 is 1.35 bits per heavy atom. The van der Waals surface area contributed by atoms with Gasteiger partial charge in [-0.15, -0.1) is 12.4 Å². The zero-order valence-corrected chi connectivity index (χ0v) is 17.2. The maximum atomic E-state index is 12.9. The van der Waals surface area contributed by atoms with Crippen LogP contribution >= 0.6 is 12.4 Å². The van der Waals surface area contributed by atoms with Gasteiger partial charge in [0.15, 0.2) is 0 Å². The van der Waals surface area contributed by atoms with Crippen LogP contribution < -0.4 is 5.32 Å². The van der Waals surface area contributed by atoms with Gasteiger partial charge >= 0.3 is 0 Å². The molecule has 2 fully saturated rings. The van der Waals surface area contributed by atoms with Gasteiger partial charge in [-0.3, -0.25) is 0 Å². The fourth-order valence-corrected chi connectivity index (χ4v) is 6.56. The lowest BCUT2D eigenvalue weighted by molar-refractivity contribution is 0.298. The molecule has 1 aromatic carbocycles. The fraction of sp³-hybridized carbons (Fsp3) is 0.625. The van der Waals surface area contributed by atoms with Crippen LogP contribution in [0.2, 0.25) is 0 Å². The Morgan fingerprint density at radius 1 is 0.885 bits per heavy atom. The Kier molecular flexibility index (Phi) is 7.09. The van der Waals surface area contributed by atoms with Crippen LogP contribution in [0.3, 0.4) is 0 Å². The summed E-state index contributed by atoms with van der Waals surface area (Å²) in [6.45, 7) is 1.88. The van der Waals surface area contributed by atoms with E-state index >= 15 is 0 Å². The molecule has 0 radical (unpaired) electrons. The Hall–Kier alpha value is -0.710. The molecule has 0 unspecified atom stereocenters. The van der Waals surface area contributed by atoms with Gasteiger partial charge in [-0.05, 0) is 50.9 Å². The van der Waals surface area contributed by atoms with Gasteiger partial charge in [0, 0.05) is 32.2 Å². The molecule has 10 heteroatoms. The molecule has 0 spiro atoms. The molecule has 0 atom stereocenters. The summed E-state index contributed by atoms with van der Waals surface area (Å²) < 4.78 is 54.0. The van der Waals surface area contributed by atoms with Crippen LogP contribution in [0.5, 0.6) is 0 Å². The summed E-state index contributed by atoms with van der Waals surface area (Å²) in [6, 6.07) is 6.08. The second kappa shape index (κ2) is 8.53.